The number of aromatic hydroxyl groups is 1. The molecule has 1 aromatic carbocycles. The summed E-state index contributed by atoms with van der Waals surface area (Å²) < 4.78 is 37.3. The number of carbonyl (C=O) groups is 2. The minimum Gasteiger partial charge on any atom is -0.507 e. The number of hydrogen-bond donors (Lipinski definition) is 1. The van der Waals surface area contributed by atoms with Crippen LogP contribution in [-0.4, -0.2) is 41.0 Å². The number of piperidine rings is 1. The molecule has 1 aromatic rings. The van der Waals surface area contributed by atoms with Crippen LogP contribution in [0.3, 0.4) is 0 Å². The van der Waals surface area contributed by atoms with Crippen LogP contribution < -0.4 is 0 Å². The summed E-state index contributed by atoms with van der Waals surface area (Å²) in [7, 11) is 0. The van der Waals surface area contributed by atoms with Gasteiger partial charge in [-0.05, 0) is 37.0 Å². The largest absolute Gasteiger partial charge is 0.507 e. The Bertz CT molecular complexity index is 605. The van der Waals surface area contributed by atoms with E-state index in [2.05, 4.69) is 0 Å². The average molecular weight is 329 g/mol. The maximum absolute atomic E-state index is 12.4. The fourth-order valence-corrected chi connectivity index (χ4v) is 2.72. The third-order valence-corrected chi connectivity index (χ3v) is 4.13. The Kier molecular flexibility index (Phi) is 4.97. The number of amides is 1. The van der Waals surface area contributed by atoms with Crippen molar-refractivity contribution in [1.29, 1.82) is 0 Å². The fourth-order valence-electron chi connectivity index (χ4n) is 2.72. The van der Waals surface area contributed by atoms with Crippen LogP contribution in [0.5, 0.6) is 5.75 Å². The molecule has 1 N–H and O–H groups in total. The van der Waals surface area contributed by atoms with Gasteiger partial charge in [-0.25, -0.2) is 0 Å². The highest BCUT2D eigenvalue weighted by atomic mass is 19.4. The van der Waals surface area contributed by atoms with E-state index < -0.39 is 23.8 Å². The molecular weight excluding hydrogens is 311 g/mol. The molecule has 0 unspecified atom stereocenters. The van der Waals surface area contributed by atoms with Gasteiger partial charge in [0.15, 0.2) is 0 Å². The van der Waals surface area contributed by atoms with E-state index in [9.17, 15) is 27.9 Å². The Hall–Kier alpha value is -2.05. The van der Waals surface area contributed by atoms with E-state index in [0.717, 1.165) is 5.56 Å². The monoisotopic (exact) mass is 329 g/mol. The van der Waals surface area contributed by atoms with Gasteiger partial charge >= 0.3 is 6.18 Å². The third kappa shape index (κ3) is 3.83. The van der Waals surface area contributed by atoms with Gasteiger partial charge in [0.05, 0.1) is 5.56 Å². The van der Waals surface area contributed by atoms with Crippen molar-refractivity contribution in [1.82, 2.24) is 4.90 Å². The predicted octanol–water partition coefficient (Wildman–Crippen LogP) is 2.94. The number of phenols is 1. The molecule has 0 aromatic heterocycles. The van der Waals surface area contributed by atoms with Crippen molar-refractivity contribution >= 4 is 11.7 Å². The number of ketones is 1. The van der Waals surface area contributed by atoms with Crippen LogP contribution in [0.2, 0.25) is 0 Å². The number of rotatable bonds is 3. The molecule has 4 nitrogen and oxygen atoms in total. The second kappa shape index (κ2) is 6.60. The number of aryl methyl sites for hydroxylation is 1. The summed E-state index contributed by atoms with van der Waals surface area (Å²) in [6.45, 7) is 2.05. The third-order valence-electron chi connectivity index (χ3n) is 4.13. The highest BCUT2D eigenvalue weighted by Gasteiger charge is 2.44. The van der Waals surface area contributed by atoms with E-state index in [0.29, 0.717) is 6.42 Å². The molecule has 1 amide bonds. The summed E-state index contributed by atoms with van der Waals surface area (Å²) in [6.07, 6.45) is -4.16. The smallest absolute Gasteiger partial charge is 0.450 e. The van der Waals surface area contributed by atoms with E-state index >= 15 is 0 Å². The minimum atomic E-state index is -4.83. The van der Waals surface area contributed by atoms with Gasteiger partial charge in [0.2, 0.25) is 5.78 Å². The average Bonchev–Trinajstić information content (AvgIpc) is 2.53. The molecule has 1 aliphatic heterocycles. The first-order chi connectivity index (χ1) is 10.7. The molecule has 1 saturated heterocycles. The van der Waals surface area contributed by atoms with Gasteiger partial charge in [-0.2, -0.15) is 13.2 Å². The van der Waals surface area contributed by atoms with E-state index in [1.165, 1.54) is 11.0 Å². The Morgan fingerprint density at radius 1 is 1.26 bits per heavy atom. The number of hydrogen-bond acceptors (Lipinski definition) is 3. The van der Waals surface area contributed by atoms with Gasteiger partial charge in [-0.1, -0.05) is 13.0 Å². The molecule has 23 heavy (non-hydrogen) atoms. The number of carbonyl (C=O) groups excluding carboxylic acids is 2. The van der Waals surface area contributed by atoms with Crippen LogP contribution in [0.25, 0.3) is 0 Å². The minimum absolute atomic E-state index is 0.0156. The molecule has 0 bridgehead atoms. The van der Waals surface area contributed by atoms with Crippen LogP contribution in [0, 0.1) is 5.92 Å². The molecule has 0 aliphatic carbocycles. The first-order valence-corrected chi connectivity index (χ1v) is 7.46. The van der Waals surface area contributed by atoms with Crippen molar-refractivity contribution in [3.05, 3.63) is 29.3 Å². The molecule has 2 rings (SSSR count). The van der Waals surface area contributed by atoms with Crippen LogP contribution in [0.1, 0.15) is 35.7 Å². The lowest BCUT2D eigenvalue weighted by molar-refractivity contribution is -0.176. The number of Topliss-reactive ketones (excluding diaryl/α,β-unsaturated/α-hetero) is 1. The number of likely N-dealkylation sites (tertiary alicyclic amines) is 1. The van der Waals surface area contributed by atoms with Gasteiger partial charge in [0.25, 0.3) is 5.91 Å². The standard InChI is InChI=1S/C16H18F3NO3/c1-2-10-3-4-13(21)12(9-10)15(23)20-7-5-11(6-8-20)14(22)16(17,18)19/h3-4,9,11,21H,2,5-8H2,1H3. The van der Waals surface area contributed by atoms with Crippen molar-refractivity contribution in [3.63, 3.8) is 0 Å². The zero-order valence-electron chi connectivity index (χ0n) is 12.7. The molecule has 7 heteroatoms. The van der Waals surface area contributed by atoms with Crippen LogP contribution in [0.4, 0.5) is 13.2 Å². The van der Waals surface area contributed by atoms with Gasteiger partial charge in [-0.15, -0.1) is 0 Å². The molecule has 1 fully saturated rings. The van der Waals surface area contributed by atoms with Gasteiger partial charge in [-0.3, -0.25) is 9.59 Å². The quantitative estimate of drug-likeness (QED) is 0.927. The Labute approximate surface area is 131 Å². The number of benzene rings is 1. The first-order valence-electron chi connectivity index (χ1n) is 7.46. The second-order valence-corrected chi connectivity index (χ2v) is 5.63. The summed E-state index contributed by atoms with van der Waals surface area (Å²) in [5.41, 5.74) is 1.03. The first kappa shape index (κ1) is 17.3. The molecule has 0 spiro atoms. The molecular formula is C16H18F3NO3. The second-order valence-electron chi connectivity index (χ2n) is 5.63. The Morgan fingerprint density at radius 2 is 1.87 bits per heavy atom. The SMILES string of the molecule is CCc1ccc(O)c(C(=O)N2CCC(C(=O)C(F)(F)F)CC2)c1. The van der Waals surface area contributed by atoms with Gasteiger partial charge < -0.3 is 10.0 Å². The maximum atomic E-state index is 12.4. The molecule has 0 atom stereocenters. The van der Waals surface area contributed by atoms with E-state index in [1.54, 1.807) is 12.1 Å². The van der Waals surface area contributed by atoms with Gasteiger partial charge in [0.1, 0.15) is 5.75 Å². The van der Waals surface area contributed by atoms with E-state index in [4.69, 9.17) is 0 Å². The van der Waals surface area contributed by atoms with Crippen molar-refractivity contribution < 1.29 is 27.9 Å². The lowest BCUT2D eigenvalue weighted by Gasteiger charge is -2.31. The van der Waals surface area contributed by atoms with Crippen molar-refractivity contribution in [2.24, 2.45) is 5.92 Å². The van der Waals surface area contributed by atoms with Crippen LogP contribution in [0.15, 0.2) is 18.2 Å². The van der Waals surface area contributed by atoms with Crippen molar-refractivity contribution in [2.75, 3.05) is 13.1 Å². The van der Waals surface area contributed by atoms with Crippen molar-refractivity contribution in [2.45, 2.75) is 32.4 Å². The summed E-state index contributed by atoms with van der Waals surface area (Å²) >= 11 is 0. The van der Waals surface area contributed by atoms with E-state index in [-0.39, 0.29) is 37.2 Å². The van der Waals surface area contributed by atoms with E-state index in [1.807, 2.05) is 6.92 Å². The molecule has 1 heterocycles. The Morgan fingerprint density at radius 3 is 2.39 bits per heavy atom. The molecule has 0 saturated carbocycles. The Balaban J connectivity index is 2.06. The van der Waals surface area contributed by atoms with Crippen LogP contribution >= 0.6 is 0 Å². The number of alkyl halides is 3. The lowest BCUT2D eigenvalue weighted by atomic mass is 9.91. The zero-order chi connectivity index (χ0) is 17.2. The summed E-state index contributed by atoms with van der Waals surface area (Å²) in [5.74, 6) is -3.38. The fraction of sp³-hybridized carbons (Fsp3) is 0.500. The topological polar surface area (TPSA) is 57.6 Å². The highest BCUT2D eigenvalue weighted by Crippen LogP contribution is 2.29. The zero-order valence-corrected chi connectivity index (χ0v) is 12.7. The number of nitrogens with zero attached hydrogens (tertiary/aromatic N) is 1. The van der Waals surface area contributed by atoms with Crippen molar-refractivity contribution in [3.8, 4) is 5.75 Å². The normalized spacial score (nSPS) is 16.4. The van der Waals surface area contributed by atoms with Gasteiger partial charge in [0, 0.05) is 19.0 Å². The summed E-state index contributed by atoms with van der Waals surface area (Å²) in [6, 6.07) is 4.73. The molecule has 126 valence electrons. The maximum Gasteiger partial charge on any atom is 0.450 e. The summed E-state index contributed by atoms with van der Waals surface area (Å²) in [5, 5.41) is 9.83. The number of phenolic OH excluding ortho intramolecular Hbond substituents is 1. The number of halogens is 3. The predicted molar refractivity (Wildman–Crippen MR) is 77.2 cm³/mol. The van der Waals surface area contributed by atoms with Crippen LogP contribution in [-0.2, 0) is 11.2 Å². The molecule has 0 radical (unpaired) electrons. The molecule has 1 aliphatic rings. The summed E-state index contributed by atoms with van der Waals surface area (Å²) in [4.78, 5) is 25.0. The highest BCUT2D eigenvalue weighted by molar-refractivity contribution is 5.97. The lowest BCUT2D eigenvalue weighted by Crippen LogP contribution is -2.43.